The summed E-state index contributed by atoms with van der Waals surface area (Å²) in [6.07, 6.45) is 0. The molecular weight excluding hydrogens is 256 g/mol. The van der Waals surface area contributed by atoms with Gasteiger partial charge in [0.25, 0.3) is 0 Å². The van der Waals surface area contributed by atoms with Gasteiger partial charge in [0.05, 0.1) is 0 Å². The van der Waals surface area contributed by atoms with Crippen molar-refractivity contribution < 1.29 is 4.74 Å². The molecule has 1 nitrogen and oxygen atoms in total. The predicted molar refractivity (Wildman–Crippen MR) is 90.6 cm³/mol. The molecule has 0 N–H and O–H groups in total. The Balaban J connectivity index is 2.26. The van der Waals surface area contributed by atoms with E-state index in [9.17, 15) is 0 Å². The first kappa shape index (κ1) is 15.6. The van der Waals surface area contributed by atoms with Gasteiger partial charge in [-0.2, -0.15) is 0 Å². The normalized spacial score (nSPS) is 11.2. The molecular formula is C20H26O. The van der Waals surface area contributed by atoms with E-state index in [2.05, 4.69) is 77.9 Å². The molecule has 2 aromatic rings. The first-order valence-corrected chi connectivity index (χ1v) is 7.77. The van der Waals surface area contributed by atoms with Crippen molar-refractivity contribution in [3.8, 4) is 11.5 Å². The van der Waals surface area contributed by atoms with Crippen LogP contribution in [0.25, 0.3) is 0 Å². The molecule has 0 saturated heterocycles. The second kappa shape index (κ2) is 6.34. The third kappa shape index (κ3) is 3.66. The fourth-order valence-corrected chi connectivity index (χ4v) is 2.41. The lowest BCUT2D eigenvalue weighted by molar-refractivity contribution is 0.474. The minimum absolute atomic E-state index is 0.546. The Morgan fingerprint density at radius 3 is 1.33 bits per heavy atom. The SMILES string of the molecule is Cc1cc(C(C)C)ccc1Oc1ccc(C(C)C)cc1C. The van der Waals surface area contributed by atoms with Crippen LogP contribution in [0.3, 0.4) is 0 Å². The molecule has 0 spiro atoms. The maximum atomic E-state index is 6.11. The first-order valence-electron chi connectivity index (χ1n) is 7.77. The number of hydrogen-bond donors (Lipinski definition) is 0. The smallest absolute Gasteiger partial charge is 0.130 e. The number of hydrogen-bond acceptors (Lipinski definition) is 1. The molecule has 0 aliphatic carbocycles. The molecule has 1 heteroatoms. The van der Waals surface area contributed by atoms with Gasteiger partial charge in [-0.1, -0.05) is 52.0 Å². The Morgan fingerprint density at radius 1 is 0.667 bits per heavy atom. The quantitative estimate of drug-likeness (QED) is 0.635. The zero-order valence-electron chi connectivity index (χ0n) is 14.0. The van der Waals surface area contributed by atoms with E-state index >= 15 is 0 Å². The van der Waals surface area contributed by atoms with Gasteiger partial charge in [-0.3, -0.25) is 0 Å². The molecule has 0 bridgehead atoms. The van der Waals surface area contributed by atoms with Gasteiger partial charge >= 0.3 is 0 Å². The maximum Gasteiger partial charge on any atom is 0.130 e. The zero-order chi connectivity index (χ0) is 15.6. The summed E-state index contributed by atoms with van der Waals surface area (Å²) in [5.41, 5.74) is 5.08. The third-order valence-electron chi connectivity index (χ3n) is 3.95. The van der Waals surface area contributed by atoms with Gasteiger partial charge in [0.1, 0.15) is 11.5 Å². The summed E-state index contributed by atoms with van der Waals surface area (Å²) in [5, 5.41) is 0. The molecule has 0 atom stereocenters. The van der Waals surface area contributed by atoms with E-state index in [1.54, 1.807) is 0 Å². The van der Waals surface area contributed by atoms with Gasteiger partial charge in [-0.25, -0.2) is 0 Å². The van der Waals surface area contributed by atoms with Crippen molar-refractivity contribution in [1.29, 1.82) is 0 Å². The van der Waals surface area contributed by atoms with Crippen LogP contribution >= 0.6 is 0 Å². The zero-order valence-corrected chi connectivity index (χ0v) is 14.0. The highest BCUT2D eigenvalue weighted by Gasteiger charge is 2.08. The topological polar surface area (TPSA) is 9.23 Å². The minimum atomic E-state index is 0.546. The number of aryl methyl sites for hydroxylation is 2. The van der Waals surface area contributed by atoms with Crippen molar-refractivity contribution in [3.05, 3.63) is 58.7 Å². The molecule has 2 rings (SSSR count). The van der Waals surface area contributed by atoms with Gasteiger partial charge in [-0.05, 0) is 60.1 Å². The molecule has 21 heavy (non-hydrogen) atoms. The number of benzene rings is 2. The lowest BCUT2D eigenvalue weighted by Crippen LogP contribution is -1.95. The molecule has 0 aliphatic rings. The summed E-state index contributed by atoms with van der Waals surface area (Å²) in [6.45, 7) is 13.1. The van der Waals surface area contributed by atoms with Gasteiger partial charge < -0.3 is 4.74 Å². The molecule has 0 heterocycles. The van der Waals surface area contributed by atoms with E-state index in [-0.39, 0.29) is 0 Å². The fraction of sp³-hybridized carbons (Fsp3) is 0.400. The third-order valence-corrected chi connectivity index (χ3v) is 3.95. The molecule has 112 valence electrons. The highest BCUT2D eigenvalue weighted by Crippen LogP contribution is 2.31. The van der Waals surface area contributed by atoms with Crippen molar-refractivity contribution >= 4 is 0 Å². The molecule has 2 aromatic carbocycles. The minimum Gasteiger partial charge on any atom is -0.457 e. The molecule has 0 saturated carbocycles. The Kier molecular flexibility index (Phi) is 4.72. The van der Waals surface area contributed by atoms with Crippen LogP contribution in [-0.2, 0) is 0 Å². The van der Waals surface area contributed by atoms with Crippen LogP contribution in [0.15, 0.2) is 36.4 Å². The molecule has 0 unspecified atom stereocenters. The summed E-state index contributed by atoms with van der Waals surface area (Å²) < 4.78 is 6.11. The van der Waals surface area contributed by atoms with Crippen LogP contribution in [0, 0.1) is 13.8 Å². The molecule has 0 radical (unpaired) electrons. The fourth-order valence-electron chi connectivity index (χ4n) is 2.41. The van der Waals surface area contributed by atoms with Crippen molar-refractivity contribution in [2.45, 2.75) is 53.4 Å². The van der Waals surface area contributed by atoms with E-state index in [4.69, 9.17) is 4.74 Å². The van der Waals surface area contributed by atoms with Crippen molar-refractivity contribution in [2.75, 3.05) is 0 Å². The van der Waals surface area contributed by atoms with Gasteiger partial charge in [-0.15, -0.1) is 0 Å². The average molecular weight is 282 g/mol. The van der Waals surface area contributed by atoms with Gasteiger partial charge in [0.2, 0.25) is 0 Å². The Hall–Kier alpha value is -1.76. The summed E-state index contributed by atoms with van der Waals surface area (Å²) in [5.74, 6) is 2.98. The van der Waals surface area contributed by atoms with Crippen LogP contribution in [0.5, 0.6) is 11.5 Å². The van der Waals surface area contributed by atoms with Crippen LogP contribution < -0.4 is 4.74 Å². The Bertz CT molecular complexity index is 568. The van der Waals surface area contributed by atoms with Crippen LogP contribution in [0.2, 0.25) is 0 Å². The molecule has 0 fully saturated rings. The Morgan fingerprint density at radius 2 is 1.05 bits per heavy atom. The summed E-state index contributed by atoms with van der Waals surface area (Å²) in [6, 6.07) is 12.9. The summed E-state index contributed by atoms with van der Waals surface area (Å²) in [4.78, 5) is 0. The number of rotatable bonds is 4. The highest BCUT2D eigenvalue weighted by atomic mass is 16.5. The van der Waals surface area contributed by atoms with Crippen LogP contribution in [0.4, 0.5) is 0 Å². The maximum absolute atomic E-state index is 6.11. The van der Waals surface area contributed by atoms with E-state index in [0.717, 1.165) is 11.5 Å². The highest BCUT2D eigenvalue weighted by molar-refractivity contribution is 5.44. The average Bonchev–Trinajstić information content (AvgIpc) is 2.42. The molecule has 0 aliphatic heterocycles. The van der Waals surface area contributed by atoms with E-state index in [0.29, 0.717) is 11.8 Å². The molecule has 0 aromatic heterocycles. The molecule has 0 amide bonds. The second-order valence-electron chi connectivity index (χ2n) is 6.46. The lowest BCUT2D eigenvalue weighted by atomic mass is 10.00. The van der Waals surface area contributed by atoms with Crippen LogP contribution in [0.1, 0.15) is 61.8 Å². The summed E-state index contributed by atoms with van der Waals surface area (Å²) in [7, 11) is 0. The van der Waals surface area contributed by atoms with Crippen molar-refractivity contribution in [1.82, 2.24) is 0 Å². The van der Waals surface area contributed by atoms with Crippen LogP contribution in [-0.4, -0.2) is 0 Å². The first-order chi connectivity index (χ1) is 9.88. The van der Waals surface area contributed by atoms with Crippen molar-refractivity contribution in [3.63, 3.8) is 0 Å². The van der Waals surface area contributed by atoms with Crippen molar-refractivity contribution in [2.24, 2.45) is 0 Å². The van der Waals surface area contributed by atoms with E-state index in [1.807, 2.05) is 0 Å². The van der Waals surface area contributed by atoms with E-state index in [1.165, 1.54) is 22.3 Å². The summed E-state index contributed by atoms with van der Waals surface area (Å²) >= 11 is 0. The second-order valence-corrected chi connectivity index (χ2v) is 6.46. The van der Waals surface area contributed by atoms with Gasteiger partial charge in [0, 0.05) is 0 Å². The standard InChI is InChI=1S/C20H26O/c1-13(2)17-7-9-19(15(5)11-17)21-20-10-8-18(14(3)4)12-16(20)6/h7-14H,1-6H3. The predicted octanol–water partition coefficient (Wildman–Crippen LogP) is 6.34. The monoisotopic (exact) mass is 282 g/mol. The number of ether oxygens (including phenoxy) is 1. The Labute approximate surface area is 129 Å². The van der Waals surface area contributed by atoms with E-state index < -0.39 is 0 Å². The lowest BCUT2D eigenvalue weighted by Gasteiger charge is -2.15. The largest absolute Gasteiger partial charge is 0.457 e. The van der Waals surface area contributed by atoms with Gasteiger partial charge in [0.15, 0.2) is 0 Å².